The van der Waals surface area contributed by atoms with Crippen LogP contribution in [-0.2, 0) is 9.84 Å². The fraction of sp³-hybridized carbons (Fsp3) is 0.222. The molecule has 0 spiro atoms. The lowest BCUT2D eigenvalue weighted by atomic mass is 10.1. The first-order chi connectivity index (χ1) is 21.8. The number of sulfone groups is 1. The second-order valence-electron chi connectivity index (χ2n) is 9.91. The average molecular weight is 631 g/mol. The van der Waals surface area contributed by atoms with Crippen molar-refractivity contribution in [1.29, 1.82) is 0 Å². The van der Waals surface area contributed by atoms with E-state index in [1.807, 2.05) is 12.1 Å². The molecule has 2 atom stereocenters. The second kappa shape index (κ2) is 15.2. The summed E-state index contributed by atoms with van der Waals surface area (Å²) in [6.45, 7) is 0. The van der Waals surface area contributed by atoms with Crippen LogP contribution in [0, 0.1) is 0 Å². The lowest BCUT2D eigenvalue weighted by Gasteiger charge is -2.22. The SMILES string of the molecule is COc1ccc(C(C=Cc2ccc(OC)cc2OC)S(=O)(=O)C(C=Cc2ccc(OC)cc2OC)c2ccc(OC)cc2)cc1. The molecule has 9 heteroatoms. The number of methoxy groups -OCH3 is 6. The summed E-state index contributed by atoms with van der Waals surface area (Å²) < 4.78 is 62.1. The number of benzene rings is 4. The molecule has 236 valence electrons. The topological polar surface area (TPSA) is 89.5 Å². The highest BCUT2D eigenvalue weighted by atomic mass is 32.2. The van der Waals surface area contributed by atoms with Gasteiger partial charge in [0.2, 0.25) is 0 Å². The summed E-state index contributed by atoms with van der Waals surface area (Å²) in [4.78, 5) is 0. The van der Waals surface area contributed by atoms with Crippen LogP contribution in [0.5, 0.6) is 34.5 Å². The summed E-state index contributed by atoms with van der Waals surface area (Å²) in [7, 11) is 5.40. The molecule has 0 bridgehead atoms. The average Bonchev–Trinajstić information content (AvgIpc) is 3.08. The van der Waals surface area contributed by atoms with Gasteiger partial charge in [0.25, 0.3) is 0 Å². The van der Waals surface area contributed by atoms with Crippen molar-refractivity contribution in [3.05, 3.63) is 119 Å². The largest absolute Gasteiger partial charge is 0.497 e. The highest BCUT2D eigenvalue weighted by Gasteiger charge is 2.34. The third-order valence-corrected chi connectivity index (χ3v) is 9.65. The van der Waals surface area contributed by atoms with Crippen molar-refractivity contribution in [3.8, 4) is 34.5 Å². The van der Waals surface area contributed by atoms with Crippen LogP contribution in [0.1, 0.15) is 32.8 Å². The van der Waals surface area contributed by atoms with Crippen LogP contribution in [0.3, 0.4) is 0 Å². The zero-order chi connectivity index (χ0) is 32.4. The summed E-state index contributed by atoms with van der Waals surface area (Å²) in [6, 6.07) is 24.8. The van der Waals surface area contributed by atoms with Gasteiger partial charge in [-0.1, -0.05) is 48.6 Å². The smallest absolute Gasteiger partial charge is 0.171 e. The molecule has 0 radical (unpaired) electrons. The van der Waals surface area contributed by atoms with Crippen molar-refractivity contribution >= 4 is 22.0 Å². The third-order valence-electron chi connectivity index (χ3n) is 7.38. The summed E-state index contributed by atoms with van der Waals surface area (Å²) >= 11 is 0. The van der Waals surface area contributed by atoms with E-state index in [0.29, 0.717) is 56.8 Å². The monoisotopic (exact) mass is 630 g/mol. The maximum atomic E-state index is 14.8. The minimum absolute atomic E-state index is 0.551. The van der Waals surface area contributed by atoms with E-state index in [1.165, 1.54) is 0 Å². The van der Waals surface area contributed by atoms with Crippen LogP contribution in [0.2, 0.25) is 0 Å². The van der Waals surface area contributed by atoms with Crippen molar-refractivity contribution < 1.29 is 36.8 Å². The first-order valence-corrected chi connectivity index (χ1v) is 15.7. The Balaban J connectivity index is 1.87. The molecular weight excluding hydrogens is 592 g/mol. The van der Waals surface area contributed by atoms with Gasteiger partial charge in [-0.2, -0.15) is 0 Å². The van der Waals surface area contributed by atoms with Gasteiger partial charge in [0.1, 0.15) is 45.0 Å². The molecule has 45 heavy (non-hydrogen) atoms. The Morgan fingerprint density at radius 3 is 1.11 bits per heavy atom. The van der Waals surface area contributed by atoms with E-state index in [4.69, 9.17) is 28.4 Å². The van der Waals surface area contributed by atoms with Crippen molar-refractivity contribution in [2.24, 2.45) is 0 Å². The van der Waals surface area contributed by atoms with Gasteiger partial charge in [0.15, 0.2) is 9.84 Å². The summed E-state index contributed by atoms with van der Waals surface area (Å²) in [6.07, 6.45) is 6.87. The van der Waals surface area contributed by atoms with Crippen molar-refractivity contribution in [2.75, 3.05) is 42.7 Å². The normalized spacial score (nSPS) is 12.9. The van der Waals surface area contributed by atoms with E-state index in [1.54, 1.807) is 140 Å². The molecule has 0 saturated heterocycles. The summed E-state index contributed by atoms with van der Waals surface area (Å²) in [5.41, 5.74) is 2.56. The standard InChI is InChI=1S/C36H38O8S/c1-39-29-15-9-27(10-16-29)35(21-13-25-7-19-31(41-3)23-33(25)43-5)45(37,38)36(28-11-17-30(40-2)18-12-28)22-14-26-8-20-32(42-4)24-34(26)44-6/h7-24,35-36H,1-6H3. The molecule has 2 unspecified atom stereocenters. The van der Waals surface area contributed by atoms with E-state index >= 15 is 0 Å². The first kappa shape index (κ1) is 33.0. The molecule has 0 aromatic heterocycles. The third kappa shape index (κ3) is 7.80. The first-order valence-electron chi connectivity index (χ1n) is 14.1. The van der Waals surface area contributed by atoms with Gasteiger partial charge in [-0.3, -0.25) is 0 Å². The number of hydrogen-bond acceptors (Lipinski definition) is 8. The van der Waals surface area contributed by atoms with E-state index in [-0.39, 0.29) is 0 Å². The van der Waals surface area contributed by atoms with Gasteiger partial charge in [-0.25, -0.2) is 8.42 Å². The van der Waals surface area contributed by atoms with E-state index < -0.39 is 20.3 Å². The summed E-state index contributed by atoms with van der Waals surface area (Å²) in [5.74, 6) is 3.59. The van der Waals surface area contributed by atoms with Crippen LogP contribution in [0.15, 0.2) is 97.1 Å². The lowest BCUT2D eigenvalue weighted by Crippen LogP contribution is -2.19. The second-order valence-corrected chi connectivity index (χ2v) is 12.1. The van der Waals surface area contributed by atoms with Gasteiger partial charge in [-0.15, -0.1) is 0 Å². The molecule has 0 aliphatic carbocycles. The molecule has 0 heterocycles. The predicted octanol–water partition coefficient (Wildman–Crippen LogP) is 7.36. The van der Waals surface area contributed by atoms with Crippen molar-refractivity contribution in [3.63, 3.8) is 0 Å². The zero-order valence-corrected chi connectivity index (χ0v) is 27.0. The van der Waals surface area contributed by atoms with Gasteiger partial charge in [0, 0.05) is 23.3 Å². The fourth-order valence-corrected chi connectivity index (χ4v) is 6.84. The Hall–Kier alpha value is -4.89. The van der Waals surface area contributed by atoms with Crippen LogP contribution in [0.25, 0.3) is 12.2 Å². The maximum Gasteiger partial charge on any atom is 0.171 e. The van der Waals surface area contributed by atoms with Crippen LogP contribution < -0.4 is 28.4 Å². The van der Waals surface area contributed by atoms with Gasteiger partial charge in [0.05, 0.1) is 42.7 Å². The predicted molar refractivity (Wildman–Crippen MR) is 178 cm³/mol. The number of rotatable bonds is 14. The highest BCUT2D eigenvalue weighted by Crippen LogP contribution is 2.39. The Kier molecular flexibility index (Phi) is 11.2. The quantitative estimate of drug-likeness (QED) is 0.143. The van der Waals surface area contributed by atoms with Gasteiger partial charge < -0.3 is 28.4 Å². The van der Waals surface area contributed by atoms with Crippen molar-refractivity contribution in [1.82, 2.24) is 0 Å². The minimum atomic E-state index is -4.00. The molecule has 0 aliphatic rings. The molecule has 0 N–H and O–H groups in total. The van der Waals surface area contributed by atoms with E-state index in [0.717, 1.165) is 0 Å². The fourth-order valence-electron chi connectivity index (χ4n) is 4.86. The maximum absolute atomic E-state index is 14.8. The number of ether oxygens (including phenoxy) is 6. The van der Waals surface area contributed by atoms with E-state index in [9.17, 15) is 8.42 Å². The molecule has 0 aliphatic heterocycles. The zero-order valence-electron chi connectivity index (χ0n) is 26.2. The molecule has 0 amide bonds. The Morgan fingerprint density at radius 1 is 0.467 bits per heavy atom. The minimum Gasteiger partial charge on any atom is -0.497 e. The van der Waals surface area contributed by atoms with E-state index in [2.05, 4.69) is 0 Å². The number of hydrogen-bond donors (Lipinski definition) is 0. The van der Waals surface area contributed by atoms with Crippen LogP contribution in [-0.4, -0.2) is 51.1 Å². The molecule has 4 aromatic carbocycles. The van der Waals surface area contributed by atoms with Gasteiger partial charge >= 0.3 is 0 Å². The summed E-state index contributed by atoms with van der Waals surface area (Å²) in [5, 5.41) is -2.07. The highest BCUT2D eigenvalue weighted by molar-refractivity contribution is 7.92. The van der Waals surface area contributed by atoms with Crippen molar-refractivity contribution in [2.45, 2.75) is 10.5 Å². The Bertz CT molecular complexity index is 1600. The molecule has 4 rings (SSSR count). The molecular formula is C36H38O8S. The van der Waals surface area contributed by atoms with Crippen LogP contribution >= 0.6 is 0 Å². The molecule has 4 aromatic rings. The molecule has 0 fully saturated rings. The molecule has 8 nitrogen and oxygen atoms in total. The van der Waals surface area contributed by atoms with Crippen LogP contribution in [0.4, 0.5) is 0 Å². The Labute approximate surface area is 265 Å². The Morgan fingerprint density at radius 2 is 0.800 bits per heavy atom. The van der Waals surface area contributed by atoms with Gasteiger partial charge in [-0.05, 0) is 59.7 Å². The lowest BCUT2D eigenvalue weighted by molar-refractivity contribution is 0.393. The molecule has 0 saturated carbocycles.